The predicted molar refractivity (Wildman–Crippen MR) is 69.3 cm³/mol. The van der Waals surface area contributed by atoms with Crippen LogP contribution in [0.15, 0.2) is 24.3 Å². The Morgan fingerprint density at radius 3 is 2.47 bits per heavy atom. The number of hydrogen-bond donors (Lipinski definition) is 2. The molecule has 4 nitrogen and oxygen atoms in total. The summed E-state index contributed by atoms with van der Waals surface area (Å²) in [5, 5.41) is 11.2. The highest BCUT2D eigenvalue weighted by Crippen LogP contribution is 2.26. The average Bonchev–Trinajstić information content (AvgIpc) is 2.27. The normalized spacial score (nSPS) is 12.8. The summed E-state index contributed by atoms with van der Waals surface area (Å²) in [6.45, 7) is 4.81. The second-order valence-corrected chi connectivity index (χ2v) is 5.08. The van der Waals surface area contributed by atoms with E-state index in [1.54, 1.807) is 39.0 Å². The van der Waals surface area contributed by atoms with Gasteiger partial charge in [-0.1, -0.05) is 18.2 Å². The number of nitrogens with one attached hydrogen (secondary N) is 1. The van der Waals surface area contributed by atoms with Gasteiger partial charge in [0.1, 0.15) is 5.82 Å². The molecule has 1 aromatic carbocycles. The Morgan fingerprint density at radius 2 is 1.95 bits per heavy atom. The van der Waals surface area contributed by atoms with Crippen molar-refractivity contribution in [1.82, 2.24) is 5.32 Å². The standard InChI is InChI=1S/C14H18FNO3/c1-9(8-12(17)18)16-13(19)14(2,3)10-6-4-5-7-11(10)15/h4-7,9H,8H2,1-3H3,(H,16,19)(H,17,18)/t9-/m1/s1. The van der Waals surface area contributed by atoms with Crippen LogP contribution in [0, 0.1) is 5.82 Å². The van der Waals surface area contributed by atoms with Gasteiger partial charge >= 0.3 is 5.97 Å². The molecule has 0 unspecified atom stereocenters. The van der Waals surface area contributed by atoms with Crippen LogP contribution in [0.1, 0.15) is 32.8 Å². The first kappa shape index (κ1) is 15.1. The topological polar surface area (TPSA) is 66.4 Å². The van der Waals surface area contributed by atoms with Crippen LogP contribution in [-0.4, -0.2) is 23.0 Å². The van der Waals surface area contributed by atoms with E-state index in [-0.39, 0.29) is 12.0 Å². The van der Waals surface area contributed by atoms with Gasteiger partial charge in [0.05, 0.1) is 11.8 Å². The molecule has 0 heterocycles. The molecule has 0 spiro atoms. The van der Waals surface area contributed by atoms with Crippen LogP contribution < -0.4 is 5.32 Å². The lowest BCUT2D eigenvalue weighted by Crippen LogP contribution is -2.45. The maximum absolute atomic E-state index is 13.7. The lowest BCUT2D eigenvalue weighted by atomic mass is 9.83. The highest BCUT2D eigenvalue weighted by molar-refractivity contribution is 5.87. The molecule has 1 amide bonds. The van der Waals surface area contributed by atoms with E-state index in [4.69, 9.17) is 5.11 Å². The van der Waals surface area contributed by atoms with E-state index in [2.05, 4.69) is 5.32 Å². The molecule has 0 aromatic heterocycles. The Kier molecular flexibility index (Phi) is 4.64. The van der Waals surface area contributed by atoms with E-state index in [9.17, 15) is 14.0 Å². The highest BCUT2D eigenvalue weighted by atomic mass is 19.1. The fourth-order valence-corrected chi connectivity index (χ4v) is 1.81. The van der Waals surface area contributed by atoms with Crippen molar-refractivity contribution in [1.29, 1.82) is 0 Å². The molecule has 0 radical (unpaired) electrons. The molecule has 0 fully saturated rings. The molecule has 0 aliphatic carbocycles. The molecule has 0 bridgehead atoms. The third-order valence-corrected chi connectivity index (χ3v) is 2.97. The van der Waals surface area contributed by atoms with Crippen molar-refractivity contribution in [3.8, 4) is 0 Å². The zero-order valence-corrected chi connectivity index (χ0v) is 11.2. The molecular formula is C14H18FNO3. The summed E-state index contributed by atoms with van der Waals surface area (Å²) < 4.78 is 13.7. The van der Waals surface area contributed by atoms with Crippen molar-refractivity contribution in [2.75, 3.05) is 0 Å². The van der Waals surface area contributed by atoms with Crippen LogP contribution >= 0.6 is 0 Å². The molecule has 2 N–H and O–H groups in total. The summed E-state index contributed by atoms with van der Waals surface area (Å²) in [4.78, 5) is 22.7. The third kappa shape index (κ3) is 3.77. The van der Waals surface area contributed by atoms with Crippen molar-refractivity contribution < 1.29 is 19.1 Å². The summed E-state index contributed by atoms with van der Waals surface area (Å²) >= 11 is 0. The van der Waals surface area contributed by atoms with E-state index >= 15 is 0 Å². The summed E-state index contributed by atoms with van der Waals surface area (Å²) in [6, 6.07) is 5.56. The SMILES string of the molecule is C[C@H](CC(=O)O)NC(=O)C(C)(C)c1ccccc1F. The van der Waals surface area contributed by atoms with Crippen molar-refractivity contribution in [3.05, 3.63) is 35.6 Å². The van der Waals surface area contributed by atoms with E-state index in [0.29, 0.717) is 0 Å². The lowest BCUT2D eigenvalue weighted by Gasteiger charge is -2.26. The highest BCUT2D eigenvalue weighted by Gasteiger charge is 2.33. The largest absolute Gasteiger partial charge is 0.481 e. The average molecular weight is 267 g/mol. The van der Waals surface area contributed by atoms with Gasteiger partial charge in [0, 0.05) is 11.6 Å². The Bertz CT molecular complexity index is 485. The fourth-order valence-electron chi connectivity index (χ4n) is 1.81. The zero-order chi connectivity index (χ0) is 14.6. The Hall–Kier alpha value is -1.91. The van der Waals surface area contributed by atoms with Gasteiger partial charge in [0.2, 0.25) is 5.91 Å². The van der Waals surface area contributed by atoms with Gasteiger partial charge in [-0.15, -0.1) is 0 Å². The first-order chi connectivity index (χ1) is 8.75. The van der Waals surface area contributed by atoms with Crippen LogP contribution in [0.5, 0.6) is 0 Å². The van der Waals surface area contributed by atoms with Gasteiger partial charge in [0.25, 0.3) is 0 Å². The van der Waals surface area contributed by atoms with Crippen LogP contribution in [0.25, 0.3) is 0 Å². The van der Waals surface area contributed by atoms with E-state index in [1.165, 1.54) is 6.07 Å². The Labute approximate surface area is 111 Å². The lowest BCUT2D eigenvalue weighted by molar-refractivity contribution is -0.137. The summed E-state index contributed by atoms with van der Waals surface area (Å²) in [7, 11) is 0. The van der Waals surface area contributed by atoms with Crippen LogP contribution in [0.4, 0.5) is 4.39 Å². The predicted octanol–water partition coefficient (Wildman–Crippen LogP) is 2.08. The molecule has 1 atom stereocenters. The van der Waals surface area contributed by atoms with Gasteiger partial charge in [-0.05, 0) is 26.8 Å². The molecule has 5 heteroatoms. The fraction of sp³-hybridized carbons (Fsp3) is 0.429. The molecule has 0 aliphatic heterocycles. The number of carboxylic acid groups (broad SMARTS) is 1. The van der Waals surface area contributed by atoms with Crippen LogP contribution in [0.3, 0.4) is 0 Å². The number of rotatable bonds is 5. The summed E-state index contributed by atoms with van der Waals surface area (Å²) in [5.74, 6) is -1.84. The monoisotopic (exact) mass is 267 g/mol. The van der Waals surface area contributed by atoms with Gasteiger partial charge in [0.15, 0.2) is 0 Å². The molecule has 0 aliphatic rings. The minimum atomic E-state index is -1.06. The van der Waals surface area contributed by atoms with Gasteiger partial charge < -0.3 is 10.4 Å². The number of carbonyl (C=O) groups excluding carboxylic acids is 1. The summed E-state index contributed by atoms with van der Waals surface area (Å²) in [6.07, 6.45) is -0.168. The van der Waals surface area contributed by atoms with Gasteiger partial charge in [-0.2, -0.15) is 0 Å². The number of carbonyl (C=O) groups is 2. The van der Waals surface area contributed by atoms with Crippen LogP contribution in [-0.2, 0) is 15.0 Å². The zero-order valence-electron chi connectivity index (χ0n) is 11.2. The minimum Gasteiger partial charge on any atom is -0.481 e. The Morgan fingerprint density at radius 1 is 1.37 bits per heavy atom. The van der Waals surface area contributed by atoms with E-state index in [1.807, 2.05) is 0 Å². The molecule has 19 heavy (non-hydrogen) atoms. The number of aliphatic carboxylic acids is 1. The third-order valence-electron chi connectivity index (χ3n) is 2.97. The molecular weight excluding hydrogens is 249 g/mol. The smallest absolute Gasteiger partial charge is 0.305 e. The quantitative estimate of drug-likeness (QED) is 0.858. The van der Waals surface area contributed by atoms with Crippen molar-refractivity contribution >= 4 is 11.9 Å². The minimum absolute atomic E-state index is 0.168. The summed E-state index contributed by atoms with van der Waals surface area (Å²) in [5.41, 5.74) is -0.770. The number of hydrogen-bond acceptors (Lipinski definition) is 2. The van der Waals surface area contributed by atoms with Gasteiger partial charge in [-0.3, -0.25) is 9.59 Å². The first-order valence-electron chi connectivity index (χ1n) is 6.03. The first-order valence-corrected chi connectivity index (χ1v) is 6.03. The maximum Gasteiger partial charge on any atom is 0.305 e. The number of halogens is 1. The van der Waals surface area contributed by atoms with Crippen molar-refractivity contribution in [3.63, 3.8) is 0 Å². The molecule has 1 rings (SSSR count). The second-order valence-electron chi connectivity index (χ2n) is 5.08. The van der Waals surface area contributed by atoms with Crippen molar-refractivity contribution in [2.24, 2.45) is 0 Å². The molecule has 104 valence electrons. The molecule has 1 aromatic rings. The molecule has 0 saturated heterocycles. The van der Waals surface area contributed by atoms with E-state index < -0.39 is 29.2 Å². The van der Waals surface area contributed by atoms with Crippen LogP contribution in [0.2, 0.25) is 0 Å². The number of carboxylic acids is 1. The van der Waals surface area contributed by atoms with Crippen molar-refractivity contribution in [2.45, 2.75) is 38.6 Å². The number of amides is 1. The maximum atomic E-state index is 13.7. The number of benzene rings is 1. The second kappa shape index (κ2) is 5.82. The molecule has 0 saturated carbocycles. The van der Waals surface area contributed by atoms with E-state index in [0.717, 1.165) is 0 Å². The Balaban J connectivity index is 2.86. The van der Waals surface area contributed by atoms with Gasteiger partial charge in [-0.25, -0.2) is 4.39 Å².